The number of carbonyl (C=O) groups is 1. The molecule has 1 amide bonds. The van der Waals surface area contributed by atoms with Crippen LogP contribution in [0.3, 0.4) is 0 Å². The van der Waals surface area contributed by atoms with Crippen LogP contribution >= 0.6 is 11.6 Å². The molecule has 1 N–H and O–H groups in total. The predicted molar refractivity (Wildman–Crippen MR) is 82.4 cm³/mol. The van der Waals surface area contributed by atoms with Crippen LogP contribution in [0.15, 0.2) is 12.3 Å². The monoisotopic (exact) mass is 295 g/mol. The molecule has 0 spiro atoms. The van der Waals surface area contributed by atoms with E-state index in [1.165, 1.54) is 12.8 Å². The Hall–Kier alpha value is -1.29. The van der Waals surface area contributed by atoms with E-state index < -0.39 is 0 Å². The summed E-state index contributed by atoms with van der Waals surface area (Å²) in [5.74, 6) is 0.673. The quantitative estimate of drug-likeness (QED) is 0.927. The molecule has 1 fully saturated rings. The second-order valence-electron chi connectivity index (χ2n) is 5.28. The Bertz CT molecular complexity index is 478. The van der Waals surface area contributed by atoms with Crippen LogP contribution in [-0.2, 0) is 0 Å². The van der Waals surface area contributed by atoms with Crippen LogP contribution in [0.25, 0.3) is 0 Å². The Morgan fingerprint density at radius 3 is 3.00 bits per heavy atom. The van der Waals surface area contributed by atoms with Crippen LogP contribution in [-0.4, -0.2) is 34.9 Å². The number of hydrogen-bond donors (Lipinski definition) is 1. The summed E-state index contributed by atoms with van der Waals surface area (Å²) in [5, 5.41) is 3.57. The topological polar surface area (TPSA) is 45.2 Å². The molecule has 1 unspecified atom stereocenters. The number of nitrogens with one attached hydrogen (secondary N) is 1. The van der Waals surface area contributed by atoms with Gasteiger partial charge in [-0.05, 0) is 32.8 Å². The molecule has 5 heteroatoms. The summed E-state index contributed by atoms with van der Waals surface area (Å²) in [4.78, 5) is 18.8. The van der Waals surface area contributed by atoms with E-state index >= 15 is 0 Å². The van der Waals surface area contributed by atoms with Gasteiger partial charge < -0.3 is 10.2 Å². The van der Waals surface area contributed by atoms with Gasteiger partial charge in [0.25, 0.3) is 5.91 Å². The average molecular weight is 296 g/mol. The first kappa shape index (κ1) is 15.1. The number of aromatic nitrogens is 1. The van der Waals surface area contributed by atoms with Gasteiger partial charge in [-0.3, -0.25) is 4.79 Å². The smallest absolute Gasteiger partial charge is 0.255 e. The van der Waals surface area contributed by atoms with Crippen molar-refractivity contribution in [2.45, 2.75) is 45.6 Å². The summed E-state index contributed by atoms with van der Waals surface area (Å²) in [7, 11) is 0. The van der Waals surface area contributed by atoms with E-state index in [1.54, 1.807) is 12.3 Å². The van der Waals surface area contributed by atoms with Gasteiger partial charge in [-0.25, -0.2) is 4.98 Å². The van der Waals surface area contributed by atoms with Gasteiger partial charge >= 0.3 is 0 Å². The van der Waals surface area contributed by atoms with E-state index in [-0.39, 0.29) is 11.9 Å². The third kappa shape index (κ3) is 3.42. The molecule has 1 atom stereocenters. The molecule has 1 aromatic rings. The van der Waals surface area contributed by atoms with Crippen molar-refractivity contribution in [3.05, 3.63) is 22.8 Å². The SMILES string of the molecule is CCNc1ncc(C(=O)N2CCCCCC2C)cc1Cl. The summed E-state index contributed by atoms with van der Waals surface area (Å²) < 4.78 is 0. The molecule has 110 valence electrons. The molecule has 1 aliphatic rings. The minimum Gasteiger partial charge on any atom is -0.369 e. The summed E-state index contributed by atoms with van der Waals surface area (Å²) in [6, 6.07) is 2.00. The fraction of sp³-hybridized carbons (Fsp3) is 0.600. The van der Waals surface area contributed by atoms with Crippen molar-refractivity contribution >= 4 is 23.3 Å². The Kier molecular flexibility index (Phi) is 5.24. The zero-order valence-electron chi connectivity index (χ0n) is 12.2. The molecule has 1 saturated heterocycles. The maximum atomic E-state index is 12.6. The van der Waals surface area contributed by atoms with Gasteiger partial charge in [0.15, 0.2) is 0 Å². The molecule has 0 aromatic carbocycles. The molecule has 2 rings (SSSR count). The predicted octanol–water partition coefficient (Wildman–Crippen LogP) is 3.57. The highest BCUT2D eigenvalue weighted by molar-refractivity contribution is 6.33. The van der Waals surface area contributed by atoms with Crippen LogP contribution in [0.1, 0.15) is 49.9 Å². The maximum Gasteiger partial charge on any atom is 0.255 e. The van der Waals surface area contributed by atoms with Gasteiger partial charge in [-0.15, -0.1) is 0 Å². The summed E-state index contributed by atoms with van der Waals surface area (Å²) in [6.45, 7) is 5.68. The van der Waals surface area contributed by atoms with Gasteiger partial charge in [0.1, 0.15) is 5.82 Å². The van der Waals surface area contributed by atoms with E-state index in [0.29, 0.717) is 16.4 Å². The summed E-state index contributed by atoms with van der Waals surface area (Å²) in [5.41, 5.74) is 0.574. The van der Waals surface area contributed by atoms with Crippen LogP contribution in [0.5, 0.6) is 0 Å². The number of amides is 1. The number of hydrogen-bond acceptors (Lipinski definition) is 3. The lowest BCUT2D eigenvalue weighted by Gasteiger charge is -2.27. The van der Waals surface area contributed by atoms with Gasteiger partial charge in [-0.2, -0.15) is 0 Å². The molecular formula is C15H22ClN3O. The molecule has 0 saturated carbocycles. The number of halogens is 1. The average Bonchev–Trinajstić information content (AvgIpc) is 2.65. The zero-order chi connectivity index (χ0) is 14.5. The minimum atomic E-state index is 0.0387. The van der Waals surface area contributed by atoms with E-state index in [9.17, 15) is 4.79 Å². The third-order valence-corrected chi connectivity index (χ3v) is 4.03. The molecule has 0 aliphatic carbocycles. The van der Waals surface area contributed by atoms with E-state index in [4.69, 9.17) is 11.6 Å². The first-order chi connectivity index (χ1) is 9.63. The number of rotatable bonds is 3. The van der Waals surface area contributed by atoms with Crippen molar-refractivity contribution in [1.29, 1.82) is 0 Å². The van der Waals surface area contributed by atoms with Crippen molar-refractivity contribution in [2.75, 3.05) is 18.4 Å². The highest BCUT2D eigenvalue weighted by Crippen LogP contribution is 2.23. The van der Waals surface area contributed by atoms with E-state index in [1.807, 2.05) is 11.8 Å². The number of anilines is 1. The lowest BCUT2D eigenvalue weighted by molar-refractivity contribution is 0.0697. The Balaban J connectivity index is 2.17. The zero-order valence-corrected chi connectivity index (χ0v) is 12.9. The third-order valence-electron chi connectivity index (χ3n) is 3.75. The summed E-state index contributed by atoms with van der Waals surface area (Å²) in [6.07, 6.45) is 6.16. The lowest BCUT2D eigenvalue weighted by Crippen LogP contribution is -2.38. The van der Waals surface area contributed by atoms with Crippen LogP contribution in [0.2, 0.25) is 5.02 Å². The minimum absolute atomic E-state index is 0.0387. The normalized spacial score (nSPS) is 19.6. The van der Waals surface area contributed by atoms with Crippen molar-refractivity contribution in [1.82, 2.24) is 9.88 Å². The van der Waals surface area contributed by atoms with Crippen LogP contribution in [0, 0.1) is 0 Å². The Morgan fingerprint density at radius 2 is 2.30 bits per heavy atom. The molecule has 20 heavy (non-hydrogen) atoms. The first-order valence-corrected chi connectivity index (χ1v) is 7.71. The van der Waals surface area contributed by atoms with Gasteiger partial charge in [0.05, 0.1) is 10.6 Å². The Labute approximate surface area is 125 Å². The standard InChI is InChI=1S/C15H22ClN3O/c1-3-17-14-13(16)9-12(10-18-14)15(20)19-8-6-4-5-7-11(19)2/h9-11H,3-8H2,1-2H3,(H,17,18). The van der Waals surface area contributed by atoms with Gasteiger partial charge in [-0.1, -0.05) is 24.4 Å². The molecule has 4 nitrogen and oxygen atoms in total. The fourth-order valence-corrected chi connectivity index (χ4v) is 2.83. The van der Waals surface area contributed by atoms with Crippen molar-refractivity contribution in [3.8, 4) is 0 Å². The number of nitrogens with zero attached hydrogens (tertiary/aromatic N) is 2. The molecule has 1 aliphatic heterocycles. The molecular weight excluding hydrogens is 274 g/mol. The maximum absolute atomic E-state index is 12.6. The summed E-state index contributed by atoms with van der Waals surface area (Å²) >= 11 is 6.16. The molecule has 1 aromatic heterocycles. The van der Waals surface area contributed by atoms with Gasteiger partial charge in [0.2, 0.25) is 0 Å². The van der Waals surface area contributed by atoms with Gasteiger partial charge in [0, 0.05) is 25.3 Å². The first-order valence-electron chi connectivity index (χ1n) is 7.34. The van der Waals surface area contributed by atoms with E-state index in [2.05, 4.69) is 17.2 Å². The second-order valence-corrected chi connectivity index (χ2v) is 5.69. The van der Waals surface area contributed by atoms with E-state index in [0.717, 1.165) is 25.9 Å². The van der Waals surface area contributed by atoms with Crippen LogP contribution < -0.4 is 5.32 Å². The van der Waals surface area contributed by atoms with Crippen molar-refractivity contribution < 1.29 is 4.79 Å². The number of likely N-dealkylation sites (tertiary alicyclic amines) is 1. The van der Waals surface area contributed by atoms with Crippen LogP contribution in [0.4, 0.5) is 5.82 Å². The molecule has 2 heterocycles. The molecule has 0 bridgehead atoms. The second kappa shape index (κ2) is 6.93. The largest absolute Gasteiger partial charge is 0.369 e. The van der Waals surface area contributed by atoms with Crippen molar-refractivity contribution in [2.24, 2.45) is 0 Å². The molecule has 0 radical (unpaired) electrons. The Morgan fingerprint density at radius 1 is 1.50 bits per heavy atom. The van der Waals surface area contributed by atoms with Crippen molar-refractivity contribution in [3.63, 3.8) is 0 Å². The fourth-order valence-electron chi connectivity index (χ4n) is 2.59. The highest BCUT2D eigenvalue weighted by Gasteiger charge is 2.23. The number of pyridine rings is 1. The highest BCUT2D eigenvalue weighted by atomic mass is 35.5. The lowest BCUT2D eigenvalue weighted by atomic mass is 10.1. The number of carbonyl (C=O) groups excluding carboxylic acids is 1.